The van der Waals surface area contributed by atoms with Crippen LogP contribution in [0.2, 0.25) is 0 Å². The largest absolute Gasteiger partial charge is 0.392 e. The van der Waals surface area contributed by atoms with Gasteiger partial charge in [-0.05, 0) is 43.4 Å². The molecule has 2 atom stereocenters. The fourth-order valence-electron chi connectivity index (χ4n) is 1.91. The summed E-state index contributed by atoms with van der Waals surface area (Å²) < 4.78 is 2.16. The van der Waals surface area contributed by atoms with Crippen LogP contribution in [0, 0.1) is 5.92 Å². The van der Waals surface area contributed by atoms with E-state index in [1.807, 2.05) is 12.1 Å². The van der Waals surface area contributed by atoms with Gasteiger partial charge in [-0.1, -0.05) is 37.9 Å². The Labute approximate surface area is 119 Å². The van der Waals surface area contributed by atoms with Gasteiger partial charge >= 0.3 is 0 Å². The Morgan fingerprint density at radius 2 is 2.12 bits per heavy atom. The first-order valence-electron chi connectivity index (χ1n) is 5.94. The standard InChI is InChI=1S/C13H17Br2NO/c1-8(16-7-13(17)9-2-3-9)11-5-4-10(14)6-12(11)15/h4-6,8-9,13,16-17H,2-3,7H2,1H3. The van der Waals surface area contributed by atoms with Crippen LogP contribution in [-0.4, -0.2) is 17.8 Å². The Morgan fingerprint density at radius 1 is 1.41 bits per heavy atom. The van der Waals surface area contributed by atoms with Gasteiger partial charge in [-0.25, -0.2) is 0 Å². The van der Waals surface area contributed by atoms with Crippen LogP contribution >= 0.6 is 31.9 Å². The predicted octanol–water partition coefficient (Wildman–Crippen LogP) is 3.63. The van der Waals surface area contributed by atoms with Gasteiger partial charge in [-0.3, -0.25) is 0 Å². The summed E-state index contributed by atoms with van der Waals surface area (Å²) in [6, 6.07) is 6.42. The molecule has 17 heavy (non-hydrogen) atoms. The van der Waals surface area contributed by atoms with E-state index in [2.05, 4.69) is 50.2 Å². The molecular weight excluding hydrogens is 346 g/mol. The van der Waals surface area contributed by atoms with Crippen molar-refractivity contribution in [1.82, 2.24) is 5.32 Å². The maximum atomic E-state index is 9.82. The molecule has 2 N–H and O–H groups in total. The SMILES string of the molecule is CC(NCC(O)C1CC1)c1ccc(Br)cc1Br. The minimum atomic E-state index is -0.188. The third kappa shape index (κ3) is 3.78. The van der Waals surface area contributed by atoms with Gasteiger partial charge in [0.05, 0.1) is 6.10 Å². The Morgan fingerprint density at radius 3 is 2.71 bits per heavy atom. The average molecular weight is 363 g/mol. The molecule has 1 aliphatic carbocycles. The number of hydrogen-bond acceptors (Lipinski definition) is 2. The molecule has 2 nitrogen and oxygen atoms in total. The van der Waals surface area contributed by atoms with E-state index in [1.54, 1.807) is 0 Å². The number of aliphatic hydroxyl groups excluding tert-OH is 1. The monoisotopic (exact) mass is 361 g/mol. The van der Waals surface area contributed by atoms with Crippen molar-refractivity contribution in [2.24, 2.45) is 5.92 Å². The Bertz CT molecular complexity index is 393. The van der Waals surface area contributed by atoms with Crippen molar-refractivity contribution >= 4 is 31.9 Å². The molecule has 0 radical (unpaired) electrons. The zero-order valence-electron chi connectivity index (χ0n) is 9.79. The van der Waals surface area contributed by atoms with Crippen LogP contribution in [0.1, 0.15) is 31.4 Å². The second kappa shape index (κ2) is 5.83. The number of halogens is 2. The van der Waals surface area contributed by atoms with Gasteiger partial charge < -0.3 is 10.4 Å². The molecule has 0 amide bonds. The third-order valence-electron chi connectivity index (χ3n) is 3.23. The molecule has 1 aromatic rings. The van der Waals surface area contributed by atoms with Crippen LogP contribution in [0.5, 0.6) is 0 Å². The van der Waals surface area contributed by atoms with Gasteiger partial charge in [-0.15, -0.1) is 0 Å². The van der Waals surface area contributed by atoms with Crippen molar-refractivity contribution in [2.45, 2.75) is 31.9 Å². The first-order valence-corrected chi connectivity index (χ1v) is 7.53. The molecule has 0 aromatic heterocycles. The molecule has 1 saturated carbocycles. The lowest BCUT2D eigenvalue weighted by molar-refractivity contribution is 0.145. The number of benzene rings is 1. The van der Waals surface area contributed by atoms with E-state index >= 15 is 0 Å². The molecule has 0 saturated heterocycles. The molecule has 1 aromatic carbocycles. The van der Waals surface area contributed by atoms with Crippen LogP contribution in [0.3, 0.4) is 0 Å². The zero-order chi connectivity index (χ0) is 12.4. The van der Waals surface area contributed by atoms with Gasteiger partial charge in [0.1, 0.15) is 0 Å². The summed E-state index contributed by atoms with van der Waals surface area (Å²) in [5.74, 6) is 0.531. The summed E-state index contributed by atoms with van der Waals surface area (Å²) in [7, 11) is 0. The number of nitrogens with one attached hydrogen (secondary N) is 1. The van der Waals surface area contributed by atoms with Gasteiger partial charge in [0.25, 0.3) is 0 Å². The smallest absolute Gasteiger partial charge is 0.0692 e. The van der Waals surface area contributed by atoms with Crippen LogP contribution in [-0.2, 0) is 0 Å². The second-order valence-corrected chi connectivity index (χ2v) is 6.47. The summed E-state index contributed by atoms with van der Waals surface area (Å²) in [5, 5.41) is 13.2. The van der Waals surface area contributed by atoms with Crippen LogP contribution in [0.25, 0.3) is 0 Å². The Balaban J connectivity index is 1.91. The van der Waals surface area contributed by atoms with Gasteiger partial charge in [0.2, 0.25) is 0 Å². The molecular formula is C13H17Br2NO. The highest BCUT2D eigenvalue weighted by Crippen LogP contribution is 2.32. The van der Waals surface area contributed by atoms with Gasteiger partial charge in [0.15, 0.2) is 0 Å². The Kier molecular flexibility index (Phi) is 4.64. The van der Waals surface area contributed by atoms with Crippen molar-refractivity contribution in [3.05, 3.63) is 32.7 Å². The van der Waals surface area contributed by atoms with Crippen molar-refractivity contribution in [1.29, 1.82) is 0 Å². The number of aliphatic hydroxyl groups is 1. The Hall–Kier alpha value is 0.1000. The highest BCUT2D eigenvalue weighted by Gasteiger charge is 2.29. The zero-order valence-corrected chi connectivity index (χ0v) is 13.0. The van der Waals surface area contributed by atoms with Crippen LogP contribution in [0.4, 0.5) is 0 Å². The lowest BCUT2D eigenvalue weighted by Crippen LogP contribution is -2.30. The topological polar surface area (TPSA) is 32.3 Å². The van der Waals surface area contributed by atoms with E-state index in [1.165, 1.54) is 18.4 Å². The molecule has 0 aliphatic heterocycles. The molecule has 4 heteroatoms. The molecule has 0 bridgehead atoms. The molecule has 1 aliphatic rings. The summed E-state index contributed by atoms with van der Waals surface area (Å²) >= 11 is 7.01. The molecule has 1 fully saturated rings. The van der Waals surface area contributed by atoms with Crippen molar-refractivity contribution in [2.75, 3.05) is 6.54 Å². The maximum absolute atomic E-state index is 9.82. The molecule has 0 spiro atoms. The van der Waals surface area contributed by atoms with Crippen molar-refractivity contribution in [3.8, 4) is 0 Å². The minimum absolute atomic E-state index is 0.188. The van der Waals surface area contributed by atoms with Gasteiger partial charge in [0, 0.05) is 21.5 Å². The normalized spacial score (nSPS) is 19.1. The highest BCUT2D eigenvalue weighted by atomic mass is 79.9. The second-order valence-electron chi connectivity index (χ2n) is 4.70. The first-order chi connectivity index (χ1) is 8.08. The van der Waals surface area contributed by atoms with Crippen molar-refractivity contribution in [3.63, 3.8) is 0 Å². The number of rotatable bonds is 5. The predicted molar refractivity (Wildman–Crippen MR) is 77.0 cm³/mol. The molecule has 0 heterocycles. The third-order valence-corrected chi connectivity index (χ3v) is 4.41. The maximum Gasteiger partial charge on any atom is 0.0692 e. The van der Waals surface area contributed by atoms with E-state index in [4.69, 9.17) is 0 Å². The van der Waals surface area contributed by atoms with Crippen molar-refractivity contribution < 1.29 is 5.11 Å². The minimum Gasteiger partial charge on any atom is -0.392 e. The quantitative estimate of drug-likeness (QED) is 0.838. The van der Waals surface area contributed by atoms with E-state index in [-0.39, 0.29) is 12.1 Å². The lowest BCUT2D eigenvalue weighted by Gasteiger charge is -2.18. The molecule has 94 valence electrons. The summed E-state index contributed by atoms with van der Waals surface area (Å²) in [5.41, 5.74) is 1.22. The highest BCUT2D eigenvalue weighted by molar-refractivity contribution is 9.11. The lowest BCUT2D eigenvalue weighted by atomic mass is 10.1. The van der Waals surface area contributed by atoms with E-state index in [0.29, 0.717) is 12.5 Å². The fourth-order valence-corrected chi connectivity index (χ4v) is 3.30. The molecule has 2 unspecified atom stereocenters. The fraction of sp³-hybridized carbons (Fsp3) is 0.538. The number of hydrogen-bond donors (Lipinski definition) is 2. The van der Waals surface area contributed by atoms with Gasteiger partial charge in [-0.2, -0.15) is 0 Å². The van der Waals surface area contributed by atoms with Crippen LogP contribution in [0.15, 0.2) is 27.1 Å². The van der Waals surface area contributed by atoms with E-state index < -0.39 is 0 Å². The summed E-state index contributed by atoms with van der Waals surface area (Å²) in [4.78, 5) is 0. The summed E-state index contributed by atoms with van der Waals surface area (Å²) in [6.07, 6.45) is 2.17. The summed E-state index contributed by atoms with van der Waals surface area (Å²) in [6.45, 7) is 2.79. The molecule has 2 rings (SSSR count). The van der Waals surface area contributed by atoms with E-state index in [9.17, 15) is 5.11 Å². The average Bonchev–Trinajstić information content (AvgIpc) is 3.09. The van der Waals surface area contributed by atoms with E-state index in [0.717, 1.165) is 8.95 Å². The van der Waals surface area contributed by atoms with Crippen LogP contribution < -0.4 is 5.32 Å². The first kappa shape index (κ1) is 13.5.